The lowest BCUT2D eigenvalue weighted by Crippen LogP contribution is -2.51. The van der Waals surface area contributed by atoms with E-state index in [1.54, 1.807) is 4.90 Å². The molecule has 1 fully saturated rings. The van der Waals surface area contributed by atoms with Crippen molar-refractivity contribution in [3.8, 4) is 0 Å². The summed E-state index contributed by atoms with van der Waals surface area (Å²) in [5.74, 6) is 2.62. The van der Waals surface area contributed by atoms with Gasteiger partial charge in [-0.3, -0.25) is 4.79 Å². The number of hydrogen-bond donors (Lipinski definition) is 2. The topological polar surface area (TPSA) is 87.4 Å². The molecule has 0 spiro atoms. The highest BCUT2D eigenvalue weighted by Crippen LogP contribution is 2.10. The van der Waals surface area contributed by atoms with Crippen LogP contribution in [0.5, 0.6) is 0 Å². The van der Waals surface area contributed by atoms with E-state index in [2.05, 4.69) is 33.0 Å². The Bertz CT molecular complexity index is 806. The van der Waals surface area contributed by atoms with Crippen LogP contribution in [0.2, 0.25) is 0 Å². The minimum absolute atomic E-state index is 0. The zero-order chi connectivity index (χ0) is 19.2. The molecule has 1 aromatic heterocycles. The third kappa shape index (κ3) is 5.91. The molecule has 0 saturated carbocycles. The summed E-state index contributed by atoms with van der Waals surface area (Å²) in [4.78, 5) is 18.2. The summed E-state index contributed by atoms with van der Waals surface area (Å²) in [5.41, 5.74) is 1.14. The maximum atomic E-state index is 11.7. The molecule has 9 heteroatoms. The quantitative estimate of drug-likeness (QED) is 0.373. The van der Waals surface area contributed by atoms with Crippen LogP contribution in [0.4, 0.5) is 0 Å². The minimum atomic E-state index is 0. The van der Waals surface area contributed by atoms with Gasteiger partial charge >= 0.3 is 0 Å². The molecule has 1 aromatic carbocycles. The number of amides is 1. The van der Waals surface area contributed by atoms with Crippen molar-refractivity contribution in [2.24, 2.45) is 12.0 Å². The molecule has 3 rings (SSSR count). The molecule has 1 aliphatic heterocycles. The van der Waals surface area contributed by atoms with Gasteiger partial charge in [-0.15, -0.1) is 34.2 Å². The first-order chi connectivity index (χ1) is 13.0. The summed E-state index contributed by atoms with van der Waals surface area (Å²) in [6, 6.07) is 10.3. The number of likely N-dealkylation sites (tertiary alicyclic amines) is 1. The molecule has 8 nitrogen and oxygen atoms in total. The van der Waals surface area contributed by atoms with Crippen molar-refractivity contribution in [1.29, 1.82) is 0 Å². The van der Waals surface area contributed by atoms with E-state index < -0.39 is 0 Å². The van der Waals surface area contributed by atoms with Gasteiger partial charge in [0.05, 0.1) is 13.1 Å². The Labute approximate surface area is 182 Å². The molecular formula is C19H28IN7O. The van der Waals surface area contributed by atoms with Crippen molar-refractivity contribution in [3.05, 3.63) is 47.5 Å². The zero-order valence-corrected chi connectivity index (χ0v) is 18.9. The summed E-state index contributed by atoms with van der Waals surface area (Å²) >= 11 is 0. The summed E-state index contributed by atoms with van der Waals surface area (Å²) in [5, 5.41) is 15.1. The van der Waals surface area contributed by atoms with Crippen LogP contribution < -0.4 is 10.6 Å². The second-order valence-corrected chi connectivity index (χ2v) is 6.88. The van der Waals surface area contributed by atoms with Gasteiger partial charge in [-0.2, -0.15) is 0 Å². The Kier molecular flexibility index (Phi) is 8.21. The first-order valence-electron chi connectivity index (χ1n) is 9.20. The number of aliphatic imine (C=N–C) groups is 1. The van der Waals surface area contributed by atoms with E-state index in [0.29, 0.717) is 32.0 Å². The van der Waals surface area contributed by atoms with Crippen molar-refractivity contribution in [2.75, 3.05) is 13.6 Å². The van der Waals surface area contributed by atoms with Crippen LogP contribution in [-0.2, 0) is 24.9 Å². The van der Waals surface area contributed by atoms with Gasteiger partial charge in [0, 0.05) is 33.1 Å². The Morgan fingerprint density at radius 3 is 2.64 bits per heavy atom. The van der Waals surface area contributed by atoms with Gasteiger partial charge in [0.2, 0.25) is 5.91 Å². The van der Waals surface area contributed by atoms with Crippen molar-refractivity contribution >= 4 is 35.8 Å². The number of carbonyl (C=O) groups is 1. The van der Waals surface area contributed by atoms with Gasteiger partial charge in [0.1, 0.15) is 5.82 Å². The van der Waals surface area contributed by atoms with Crippen LogP contribution in [0, 0.1) is 6.92 Å². The first-order valence-corrected chi connectivity index (χ1v) is 9.20. The lowest BCUT2D eigenvalue weighted by molar-refractivity contribution is -0.132. The molecule has 1 atom stereocenters. The van der Waals surface area contributed by atoms with Crippen molar-refractivity contribution in [3.63, 3.8) is 0 Å². The number of rotatable bonds is 5. The number of piperidine rings is 1. The fourth-order valence-corrected chi connectivity index (χ4v) is 3.00. The standard InChI is InChI=1S/C19H27N7O.HI/c1-14-23-24-17(26(14)3)12-21-19(20-11-15-7-5-4-6-8-15)22-16-9-10-18(27)25(2)13-16;/h4-8,16H,9-13H2,1-3H3,(H2,20,21,22);1H. The van der Waals surface area contributed by atoms with Gasteiger partial charge in [0.25, 0.3) is 0 Å². The van der Waals surface area contributed by atoms with Gasteiger partial charge in [-0.05, 0) is 18.9 Å². The first kappa shape index (κ1) is 22.1. The number of guanidine groups is 1. The lowest BCUT2D eigenvalue weighted by atomic mass is 10.1. The number of benzene rings is 1. The summed E-state index contributed by atoms with van der Waals surface area (Å²) in [7, 11) is 3.79. The third-order valence-electron chi connectivity index (χ3n) is 4.83. The lowest BCUT2D eigenvalue weighted by Gasteiger charge is -2.31. The Balaban J connectivity index is 0.00000280. The smallest absolute Gasteiger partial charge is 0.222 e. The minimum Gasteiger partial charge on any atom is -0.352 e. The summed E-state index contributed by atoms with van der Waals surface area (Å²) in [6.07, 6.45) is 1.36. The number of likely N-dealkylation sites (N-methyl/N-ethyl adjacent to an activating group) is 1. The van der Waals surface area contributed by atoms with Gasteiger partial charge < -0.3 is 20.1 Å². The number of nitrogens with zero attached hydrogens (tertiary/aromatic N) is 5. The van der Waals surface area contributed by atoms with Crippen LogP contribution >= 0.6 is 24.0 Å². The average molecular weight is 497 g/mol. The highest BCUT2D eigenvalue weighted by Gasteiger charge is 2.23. The Morgan fingerprint density at radius 2 is 2.00 bits per heavy atom. The van der Waals surface area contributed by atoms with E-state index in [1.807, 2.05) is 43.8 Å². The number of aryl methyl sites for hydroxylation is 1. The van der Waals surface area contributed by atoms with Crippen LogP contribution in [-0.4, -0.2) is 51.2 Å². The molecule has 1 amide bonds. The molecule has 1 aliphatic rings. The fourth-order valence-electron chi connectivity index (χ4n) is 3.00. The molecule has 1 saturated heterocycles. The van der Waals surface area contributed by atoms with E-state index in [1.165, 1.54) is 0 Å². The second kappa shape index (κ2) is 10.4. The van der Waals surface area contributed by atoms with E-state index in [9.17, 15) is 4.79 Å². The summed E-state index contributed by atoms with van der Waals surface area (Å²) in [6.45, 7) is 3.71. The molecular weight excluding hydrogens is 469 g/mol. The highest BCUT2D eigenvalue weighted by molar-refractivity contribution is 14.0. The van der Waals surface area contributed by atoms with Crippen LogP contribution in [0.3, 0.4) is 0 Å². The number of carbonyl (C=O) groups excluding carboxylic acids is 1. The van der Waals surface area contributed by atoms with Gasteiger partial charge in [-0.25, -0.2) is 4.99 Å². The number of aromatic nitrogens is 3. The molecule has 0 aliphatic carbocycles. The molecule has 2 heterocycles. The third-order valence-corrected chi connectivity index (χ3v) is 4.83. The average Bonchev–Trinajstić information content (AvgIpc) is 2.99. The molecule has 0 radical (unpaired) electrons. The van der Waals surface area contributed by atoms with E-state index in [-0.39, 0.29) is 35.9 Å². The predicted molar refractivity (Wildman–Crippen MR) is 119 cm³/mol. The molecule has 2 N–H and O–H groups in total. The summed E-state index contributed by atoms with van der Waals surface area (Å²) < 4.78 is 1.95. The van der Waals surface area contributed by atoms with Gasteiger partial charge in [0.15, 0.2) is 11.8 Å². The maximum Gasteiger partial charge on any atom is 0.222 e. The molecule has 152 valence electrons. The van der Waals surface area contributed by atoms with Crippen molar-refractivity contribution in [2.45, 2.75) is 38.9 Å². The van der Waals surface area contributed by atoms with Crippen molar-refractivity contribution < 1.29 is 4.79 Å². The normalized spacial score (nSPS) is 17.2. The molecule has 1 unspecified atom stereocenters. The SMILES string of the molecule is Cc1nnc(CNC(=NCc2ccccc2)NC2CCC(=O)N(C)C2)n1C.I. The van der Waals surface area contributed by atoms with E-state index >= 15 is 0 Å². The second-order valence-electron chi connectivity index (χ2n) is 6.88. The molecule has 2 aromatic rings. The Hall–Kier alpha value is -2.17. The number of hydrogen-bond acceptors (Lipinski definition) is 4. The van der Waals surface area contributed by atoms with Crippen LogP contribution in [0.15, 0.2) is 35.3 Å². The van der Waals surface area contributed by atoms with E-state index in [4.69, 9.17) is 4.99 Å². The van der Waals surface area contributed by atoms with E-state index in [0.717, 1.165) is 23.6 Å². The molecule has 0 bridgehead atoms. The highest BCUT2D eigenvalue weighted by atomic mass is 127. The number of halogens is 1. The maximum absolute atomic E-state index is 11.7. The predicted octanol–water partition coefficient (Wildman–Crippen LogP) is 1.60. The fraction of sp³-hybridized carbons (Fsp3) is 0.474. The van der Waals surface area contributed by atoms with Gasteiger partial charge in [-0.1, -0.05) is 30.3 Å². The molecule has 28 heavy (non-hydrogen) atoms. The Morgan fingerprint density at radius 1 is 1.25 bits per heavy atom. The monoisotopic (exact) mass is 497 g/mol. The van der Waals surface area contributed by atoms with Crippen molar-refractivity contribution in [1.82, 2.24) is 30.3 Å². The number of nitrogens with one attached hydrogen (secondary N) is 2. The zero-order valence-electron chi connectivity index (χ0n) is 16.6. The van der Waals surface area contributed by atoms with Crippen LogP contribution in [0.25, 0.3) is 0 Å². The van der Waals surface area contributed by atoms with Crippen LogP contribution in [0.1, 0.15) is 30.1 Å². The largest absolute Gasteiger partial charge is 0.352 e.